The summed E-state index contributed by atoms with van der Waals surface area (Å²) in [5.74, 6) is 0.403. The number of unbranched alkanes of at least 4 members (excludes halogenated alkanes) is 2. The molecule has 1 unspecified atom stereocenters. The van der Waals surface area contributed by atoms with E-state index in [4.69, 9.17) is 18.9 Å². The van der Waals surface area contributed by atoms with Gasteiger partial charge in [0.05, 0.1) is 18.8 Å². The normalized spacial score (nSPS) is 12.8. The zero-order valence-corrected chi connectivity index (χ0v) is 25.7. The van der Waals surface area contributed by atoms with Crippen molar-refractivity contribution >= 4 is 11.9 Å². The zero-order valence-electron chi connectivity index (χ0n) is 25.7. The van der Waals surface area contributed by atoms with Crippen LogP contribution in [0.3, 0.4) is 0 Å². The Kier molecular flexibility index (Phi) is 16.0. The number of aliphatic hydroxyl groups excluding tert-OH is 1. The molecule has 7 heteroatoms. The number of aryl methyl sites for hydroxylation is 1. The van der Waals surface area contributed by atoms with Gasteiger partial charge in [-0.1, -0.05) is 56.3 Å². The van der Waals surface area contributed by atoms with E-state index in [0.29, 0.717) is 60.0 Å². The number of carbonyl (C=O) groups excluding carboxylic acids is 2. The van der Waals surface area contributed by atoms with Crippen molar-refractivity contribution in [2.24, 2.45) is 0 Å². The minimum Gasteiger partial charge on any atom is -0.494 e. The fourth-order valence-corrected chi connectivity index (χ4v) is 3.71. The summed E-state index contributed by atoms with van der Waals surface area (Å²) in [7, 11) is 0. The highest BCUT2D eigenvalue weighted by Gasteiger charge is 2.12. The van der Waals surface area contributed by atoms with E-state index in [2.05, 4.69) is 13.5 Å². The summed E-state index contributed by atoms with van der Waals surface area (Å²) < 4.78 is 22.2. The molecule has 7 nitrogen and oxygen atoms in total. The van der Waals surface area contributed by atoms with Crippen molar-refractivity contribution in [3.05, 3.63) is 125 Å². The molecule has 0 amide bonds. The molecule has 0 spiro atoms. The number of carbonyl (C=O) groups is 2. The topological polar surface area (TPSA) is 91.3 Å². The summed E-state index contributed by atoms with van der Waals surface area (Å²) in [6.07, 6.45) is 13.7. The summed E-state index contributed by atoms with van der Waals surface area (Å²) in [6, 6.07) is 14.4. The van der Waals surface area contributed by atoms with E-state index in [0.717, 1.165) is 19.3 Å². The van der Waals surface area contributed by atoms with Gasteiger partial charge in [0.25, 0.3) is 0 Å². The molecule has 230 valence electrons. The first-order valence-electron chi connectivity index (χ1n) is 14.7. The summed E-state index contributed by atoms with van der Waals surface area (Å²) in [5, 5.41) is 10.7. The molecule has 0 aliphatic rings. The number of hydrogen-bond acceptors (Lipinski definition) is 7. The van der Waals surface area contributed by atoms with Crippen LogP contribution in [0.25, 0.3) is 0 Å². The molecule has 2 aromatic carbocycles. The second-order valence-corrected chi connectivity index (χ2v) is 9.84. The van der Waals surface area contributed by atoms with E-state index in [1.165, 1.54) is 5.56 Å². The molecule has 2 aromatic rings. The molecule has 0 bridgehead atoms. The Labute approximate surface area is 255 Å². The molecule has 0 fully saturated rings. The predicted octanol–water partition coefficient (Wildman–Crippen LogP) is 8.09. The lowest BCUT2D eigenvalue weighted by Gasteiger charge is -2.15. The van der Waals surface area contributed by atoms with Crippen LogP contribution in [0.5, 0.6) is 5.75 Å². The van der Waals surface area contributed by atoms with Crippen LogP contribution in [0, 0.1) is 0 Å². The number of esters is 2. The van der Waals surface area contributed by atoms with Crippen LogP contribution < -0.4 is 4.74 Å². The first-order valence-corrected chi connectivity index (χ1v) is 14.7. The SMILES string of the molecule is C=C(C)C(=O)OCCCCOc1ccc(C(=O)OC(/C=C\C)=C/C=C(\C=C\C)OC(O)c2ccc(CCCC)cc2)cc1. The van der Waals surface area contributed by atoms with Crippen LogP contribution in [0.1, 0.15) is 81.2 Å². The molecule has 0 aromatic heterocycles. The Balaban J connectivity index is 1.96. The van der Waals surface area contributed by atoms with Crippen molar-refractivity contribution in [1.82, 2.24) is 0 Å². The van der Waals surface area contributed by atoms with Gasteiger partial charge in [-0.05, 0) is 101 Å². The average molecular weight is 589 g/mol. The van der Waals surface area contributed by atoms with E-state index in [1.54, 1.807) is 67.6 Å². The average Bonchev–Trinajstić information content (AvgIpc) is 3.00. The lowest BCUT2D eigenvalue weighted by Crippen LogP contribution is -2.07. The number of rotatable bonds is 18. The van der Waals surface area contributed by atoms with Crippen LogP contribution in [-0.2, 0) is 25.4 Å². The zero-order chi connectivity index (χ0) is 31.5. The molecular formula is C36H44O7. The smallest absolute Gasteiger partial charge is 0.343 e. The van der Waals surface area contributed by atoms with Gasteiger partial charge in [-0.3, -0.25) is 0 Å². The first-order chi connectivity index (χ1) is 20.8. The van der Waals surface area contributed by atoms with Crippen LogP contribution in [0.15, 0.2) is 109 Å². The molecule has 0 aliphatic carbocycles. The van der Waals surface area contributed by atoms with Crippen molar-refractivity contribution in [2.45, 2.75) is 66.1 Å². The van der Waals surface area contributed by atoms with E-state index < -0.39 is 18.2 Å². The molecule has 0 radical (unpaired) electrons. The number of ether oxygens (including phenoxy) is 4. The van der Waals surface area contributed by atoms with Gasteiger partial charge < -0.3 is 24.1 Å². The molecule has 0 saturated heterocycles. The quantitative estimate of drug-likeness (QED) is 0.0470. The molecule has 0 aliphatic heterocycles. The summed E-state index contributed by atoms with van der Waals surface area (Å²) in [6.45, 7) is 11.7. The molecule has 43 heavy (non-hydrogen) atoms. The van der Waals surface area contributed by atoms with Gasteiger partial charge in [0.1, 0.15) is 17.3 Å². The third kappa shape index (κ3) is 13.4. The van der Waals surface area contributed by atoms with E-state index in [1.807, 2.05) is 38.1 Å². The van der Waals surface area contributed by atoms with Crippen LogP contribution in [0.2, 0.25) is 0 Å². The van der Waals surface area contributed by atoms with Crippen LogP contribution in [0.4, 0.5) is 0 Å². The standard InChI is InChI=1S/C36H44O7/c1-6-9-14-28-15-17-29(18-16-28)35(38)42-32(12-7-2)23-24-33(13-8-3)43-36(39)30-19-21-31(22-20-30)40-25-10-11-26-41-34(37)27(4)5/h7-8,12-13,15-24,35,38H,4,6,9-11,14,25-26H2,1-3,5H3/b12-7+,13-8-,32-23+,33-24+. The highest BCUT2D eigenvalue weighted by molar-refractivity contribution is 5.90. The Bertz CT molecular complexity index is 1280. The van der Waals surface area contributed by atoms with Crippen molar-refractivity contribution in [3.63, 3.8) is 0 Å². The van der Waals surface area contributed by atoms with E-state index in [9.17, 15) is 14.7 Å². The Morgan fingerprint density at radius 1 is 0.884 bits per heavy atom. The molecule has 1 N–H and O–H groups in total. The van der Waals surface area contributed by atoms with Crippen molar-refractivity contribution in [3.8, 4) is 5.75 Å². The van der Waals surface area contributed by atoms with Crippen molar-refractivity contribution < 1.29 is 33.6 Å². The molecule has 1 atom stereocenters. The highest BCUT2D eigenvalue weighted by atomic mass is 16.6. The lowest BCUT2D eigenvalue weighted by molar-refractivity contribution is -0.139. The second-order valence-electron chi connectivity index (χ2n) is 9.84. The molecule has 0 heterocycles. The third-order valence-electron chi connectivity index (χ3n) is 6.09. The van der Waals surface area contributed by atoms with Gasteiger partial charge >= 0.3 is 11.9 Å². The second kappa shape index (κ2) is 19.7. The Hall–Kier alpha value is -4.36. The first kappa shape index (κ1) is 34.8. The summed E-state index contributed by atoms with van der Waals surface area (Å²) >= 11 is 0. The maximum absolute atomic E-state index is 12.8. The fourth-order valence-electron chi connectivity index (χ4n) is 3.71. The monoisotopic (exact) mass is 588 g/mol. The summed E-state index contributed by atoms with van der Waals surface area (Å²) in [5.41, 5.74) is 2.61. The molecular weight excluding hydrogens is 544 g/mol. The Morgan fingerprint density at radius 3 is 2.14 bits per heavy atom. The third-order valence-corrected chi connectivity index (χ3v) is 6.09. The van der Waals surface area contributed by atoms with E-state index in [-0.39, 0.29) is 0 Å². The van der Waals surface area contributed by atoms with Crippen molar-refractivity contribution in [1.29, 1.82) is 0 Å². The number of hydrogen-bond donors (Lipinski definition) is 1. The summed E-state index contributed by atoms with van der Waals surface area (Å²) in [4.78, 5) is 24.2. The Morgan fingerprint density at radius 2 is 1.51 bits per heavy atom. The lowest BCUT2D eigenvalue weighted by atomic mass is 10.1. The van der Waals surface area contributed by atoms with Gasteiger partial charge in [-0.25, -0.2) is 9.59 Å². The molecule has 0 saturated carbocycles. The minimum absolute atomic E-state index is 0.306. The predicted molar refractivity (Wildman–Crippen MR) is 169 cm³/mol. The molecule has 2 rings (SSSR count). The van der Waals surface area contributed by atoms with Gasteiger partial charge in [-0.15, -0.1) is 0 Å². The number of allylic oxidation sites excluding steroid dienone is 6. The number of aliphatic hydroxyl groups is 1. The van der Waals surface area contributed by atoms with Gasteiger partial charge in [-0.2, -0.15) is 0 Å². The maximum Gasteiger partial charge on any atom is 0.343 e. The minimum atomic E-state index is -1.15. The highest BCUT2D eigenvalue weighted by Crippen LogP contribution is 2.21. The van der Waals surface area contributed by atoms with E-state index >= 15 is 0 Å². The fraction of sp³-hybridized carbons (Fsp3) is 0.333. The maximum atomic E-state index is 12.8. The van der Waals surface area contributed by atoms with Crippen molar-refractivity contribution in [2.75, 3.05) is 13.2 Å². The number of benzene rings is 2. The van der Waals surface area contributed by atoms with Crippen LogP contribution >= 0.6 is 0 Å². The van der Waals surface area contributed by atoms with Gasteiger partial charge in [0, 0.05) is 11.1 Å². The largest absolute Gasteiger partial charge is 0.494 e. The van der Waals surface area contributed by atoms with Gasteiger partial charge in [0.2, 0.25) is 6.29 Å². The van der Waals surface area contributed by atoms with Gasteiger partial charge in [0.15, 0.2) is 0 Å². The van der Waals surface area contributed by atoms with Crippen LogP contribution in [-0.4, -0.2) is 30.3 Å².